The van der Waals surface area contributed by atoms with Crippen molar-refractivity contribution in [1.82, 2.24) is 15.1 Å². The Morgan fingerprint density at radius 1 is 1.25 bits per heavy atom. The third kappa shape index (κ3) is 3.91. The van der Waals surface area contributed by atoms with E-state index in [-0.39, 0.29) is 24.8 Å². The van der Waals surface area contributed by atoms with Crippen molar-refractivity contribution >= 4 is 28.5 Å². The zero-order chi connectivity index (χ0) is 20.3. The first-order valence-electron chi connectivity index (χ1n) is 9.08. The number of ether oxygens (including phenoxy) is 1. The molecule has 0 spiro atoms. The largest absolute Gasteiger partial charge is 0.451 e. The molecule has 0 aliphatic rings. The first-order chi connectivity index (χ1) is 13.4. The van der Waals surface area contributed by atoms with Crippen LogP contribution in [0.3, 0.4) is 0 Å². The highest BCUT2D eigenvalue weighted by Gasteiger charge is 2.21. The number of carbonyl (C=O) groups excluding carboxylic acids is 2. The molecule has 2 heterocycles. The van der Waals surface area contributed by atoms with Gasteiger partial charge in [0.05, 0.1) is 30.2 Å². The number of benzene rings is 1. The Morgan fingerprint density at radius 2 is 2.00 bits per heavy atom. The van der Waals surface area contributed by atoms with Crippen LogP contribution in [0.1, 0.15) is 34.4 Å². The third-order valence-electron chi connectivity index (χ3n) is 4.54. The molecule has 0 saturated carbocycles. The lowest BCUT2D eigenvalue weighted by atomic mass is 10.1. The van der Waals surface area contributed by atoms with E-state index in [1.165, 1.54) is 0 Å². The molecule has 0 aliphatic heterocycles. The number of amides is 2. The molecule has 0 fully saturated rings. The van der Waals surface area contributed by atoms with Crippen molar-refractivity contribution in [3.05, 3.63) is 47.0 Å². The van der Waals surface area contributed by atoms with E-state index in [0.717, 1.165) is 16.8 Å². The molecule has 0 unspecified atom stereocenters. The van der Waals surface area contributed by atoms with Crippen molar-refractivity contribution in [2.24, 2.45) is 7.05 Å². The van der Waals surface area contributed by atoms with Gasteiger partial charge in [-0.15, -0.1) is 0 Å². The van der Waals surface area contributed by atoms with Gasteiger partial charge in [0, 0.05) is 24.6 Å². The van der Waals surface area contributed by atoms with Crippen LogP contribution >= 0.6 is 0 Å². The lowest BCUT2D eigenvalue weighted by Gasteiger charge is -2.07. The number of furan rings is 1. The Labute approximate surface area is 162 Å². The lowest BCUT2D eigenvalue weighted by Crippen LogP contribution is -2.33. The smallest absolute Gasteiger partial charge is 0.287 e. The van der Waals surface area contributed by atoms with Crippen LogP contribution in [0.5, 0.6) is 0 Å². The molecule has 8 nitrogen and oxygen atoms in total. The van der Waals surface area contributed by atoms with Crippen LogP contribution < -0.4 is 10.6 Å². The van der Waals surface area contributed by atoms with Crippen molar-refractivity contribution in [2.45, 2.75) is 27.4 Å². The molecule has 28 heavy (non-hydrogen) atoms. The van der Waals surface area contributed by atoms with E-state index in [1.54, 1.807) is 17.8 Å². The summed E-state index contributed by atoms with van der Waals surface area (Å²) in [5, 5.41) is 10.5. The van der Waals surface area contributed by atoms with Gasteiger partial charge in [0.15, 0.2) is 5.76 Å². The van der Waals surface area contributed by atoms with Crippen molar-refractivity contribution < 1.29 is 18.7 Å². The molecule has 2 N–H and O–H groups in total. The maximum atomic E-state index is 12.6. The van der Waals surface area contributed by atoms with Crippen molar-refractivity contribution in [3.63, 3.8) is 0 Å². The van der Waals surface area contributed by atoms with E-state index < -0.39 is 5.91 Å². The highest BCUT2D eigenvalue weighted by molar-refractivity contribution is 6.02. The van der Waals surface area contributed by atoms with Crippen LogP contribution in [0.25, 0.3) is 11.0 Å². The predicted octanol–water partition coefficient (Wildman–Crippen LogP) is 2.69. The minimum absolute atomic E-state index is 0.163. The average Bonchev–Trinajstić information content (AvgIpc) is 3.16. The zero-order valence-corrected chi connectivity index (χ0v) is 16.5. The maximum Gasteiger partial charge on any atom is 0.287 e. The molecule has 148 valence electrons. The highest BCUT2D eigenvalue weighted by atomic mass is 16.5. The van der Waals surface area contributed by atoms with Gasteiger partial charge in [-0.05, 0) is 26.8 Å². The summed E-state index contributed by atoms with van der Waals surface area (Å²) in [4.78, 5) is 24.9. The van der Waals surface area contributed by atoms with Crippen LogP contribution in [-0.4, -0.2) is 34.7 Å². The fourth-order valence-electron chi connectivity index (χ4n) is 3.01. The normalized spacial score (nSPS) is 11.0. The number of aromatic nitrogens is 2. The van der Waals surface area contributed by atoms with E-state index >= 15 is 0 Å². The topological polar surface area (TPSA) is 98.4 Å². The zero-order valence-electron chi connectivity index (χ0n) is 16.5. The van der Waals surface area contributed by atoms with Gasteiger partial charge in [-0.2, -0.15) is 5.10 Å². The van der Waals surface area contributed by atoms with Crippen LogP contribution in [0.15, 0.2) is 28.7 Å². The number of para-hydroxylation sites is 1. The van der Waals surface area contributed by atoms with Gasteiger partial charge < -0.3 is 19.8 Å². The van der Waals surface area contributed by atoms with Crippen molar-refractivity contribution in [3.8, 4) is 0 Å². The molecule has 3 rings (SSSR count). The second-order valence-corrected chi connectivity index (χ2v) is 6.44. The number of hydrogen-bond donors (Lipinski definition) is 2. The monoisotopic (exact) mass is 384 g/mol. The number of anilines is 1. The molecule has 0 aliphatic carbocycles. The molecule has 3 aromatic rings. The van der Waals surface area contributed by atoms with Gasteiger partial charge in [-0.25, -0.2) is 0 Å². The van der Waals surface area contributed by atoms with E-state index in [0.29, 0.717) is 23.4 Å². The van der Waals surface area contributed by atoms with Crippen LogP contribution in [0.2, 0.25) is 0 Å². The van der Waals surface area contributed by atoms with E-state index in [1.807, 2.05) is 39.0 Å². The van der Waals surface area contributed by atoms with Crippen LogP contribution in [0, 0.1) is 13.8 Å². The van der Waals surface area contributed by atoms with Gasteiger partial charge in [-0.3, -0.25) is 14.3 Å². The molecule has 0 radical (unpaired) electrons. The predicted molar refractivity (Wildman–Crippen MR) is 105 cm³/mol. The Balaban J connectivity index is 1.71. The molecule has 0 atom stereocenters. The SMILES string of the molecule is CCOCc1c(C(=O)NCC(=O)Nc2c(C)nn(C)c2C)oc2ccccc12. The van der Waals surface area contributed by atoms with Gasteiger partial charge in [0.1, 0.15) is 5.58 Å². The summed E-state index contributed by atoms with van der Waals surface area (Å²) in [5.41, 5.74) is 3.50. The summed E-state index contributed by atoms with van der Waals surface area (Å²) in [6.07, 6.45) is 0. The van der Waals surface area contributed by atoms with E-state index in [2.05, 4.69) is 15.7 Å². The molecule has 2 amide bonds. The third-order valence-corrected chi connectivity index (χ3v) is 4.54. The molecule has 1 aromatic carbocycles. The molecular weight excluding hydrogens is 360 g/mol. The fraction of sp³-hybridized carbons (Fsp3) is 0.350. The average molecular weight is 384 g/mol. The van der Waals surface area contributed by atoms with Crippen LogP contribution in [0.4, 0.5) is 5.69 Å². The highest BCUT2D eigenvalue weighted by Crippen LogP contribution is 2.26. The summed E-state index contributed by atoms with van der Waals surface area (Å²) < 4.78 is 12.9. The first kappa shape index (κ1) is 19.6. The Bertz CT molecular complexity index is 1020. The molecule has 2 aromatic heterocycles. The molecular formula is C20H24N4O4. The van der Waals surface area contributed by atoms with Gasteiger partial charge >= 0.3 is 0 Å². The summed E-state index contributed by atoms with van der Waals surface area (Å²) in [6.45, 7) is 6.16. The Morgan fingerprint density at radius 3 is 2.68 bits per heavy atom. The summed E-state index contributed by atoms with van der Waals surface area (Å²) >= 11 is 0. The summed E-state index contributed by atoms with van der Waals surface area (Å²) in [7, 11) is 1.81. The first-order valence-corrected chi connectivity index (χ1v) is 9.08. The Hall–Kier alpha value is -3.13. The number of hydrogen-bond acceptors (Lipinski definition) is 5. The molecule has 0 saturated heterocycles. The molecule has 0 bridgehead atoms. The van der Waals surface area contributed by atoms with E-state index in [9.17, 15) is 9.59 Å². The van der Waals surface area contributed by atoms with E-state index in [4.69, 9.17) is 9.15 Å². The second kappa shape index (κ2) is 8.26. The summed E-state index contributed by atoms with van der Waals surface area (Å²) in [6, 6.07) is 7.39. The van der Waals surface area contributed by atoms with Crippen LogP contribution in [-0.2, 0) is 23.2 Å². The number of carbonyl (C=O) groups is 2. The summed E-state index contributed by atoms with van der Waals surface area (Å²) in [5.74, 6) is -0.633. The maximum absolute atomic E-state index is 12.6. The van der Waals surface area contributed by atoms with Gasteiger partial charge in [0.2, 0.25) is 5.91 Å². The minimum atomic E-state index is -0.458. The fourth-order valence-corrected chi connectivity index (χ4v) is 3.01. The number of rotatable bonds is 7. The minimum Gasteiger partial charge on any atom is -0.451 e. The number of fused-ring (bicyclic) bond motifs is 1. The van der Waals surface area contributed by atoms with Gasteiger partial charge in [-0.1, -0.05) is 18.2 Å². The standard InChI is InChI=1S/C20H24N4O4/c1-5-27-11-15-14-8-6-7-9-16(14)28-19(15)20(26)21-10-17(25)22-18-12(2)23-24(4)13(18)3/h6-9H,5,10-11H2,1-4H3,(H,21,26)(H,22,25). The Kier molecular flexibility index (Phi) is 5.79. The second-order valence-electron chi connectivity index (χ2n) is 6.44. The van der Waals surface area contributed by atoms with Crippen molar-refractivity contribution in [1.29, 1.82) is 0 Å². The lowest BCUT2D eigenvalue weighted by molar-refractivity contribution is -0.115. The number of nitrogens with zero attached hydrogens (tertiary/aromatic N) is 2. The number of aryl methyl sites for hydroxylation is 2. The molecule has 8 heteroatoms. The number of nitrogens with one attached hydrogen (secondary N) is 2. The quantitative estimate of drug-likeness (QED) is 0.653. The van der Waals surface area contributed by atoms with Gasteiger partial charge in [0.25, 0.3) is 5.91 Å². The van der Waals surface area contributed by atoms with Crippen molar-refractivity contribution in [2.75, 3.05) is 18.5 Å².